The lowest BCUT2D eigenvalue weighted by atomic mass is 9.89. The van der Waals surface area contributed by atoms with E-state index in [2.05, 4.69) is 157 Å². The van der Waals surface area contributed by atoms with Crippen molar-refractivity contribution >= 4 is 72.3 Å². The van der Waals surface area contributed by atoms with Gasteiger partial charge in [0.05, 0.1) is 36.3 Å². The first-order valence-electron chi connectivity index (χ1n) is 21.2. The maximum Gasteiger partial charge on any atom is 0.119 e. The van der Waals surface area contributed by atoms with Gasteiger partial charge < -0.3 is 18.9 Å². The van der Waals surface area contributed by atoms with Crippen molar-refractivity contribution in [1.82, 2.24) is 9.55 Å². The van der Waals surface area contributed by atoms with Gasteiger partial charge in [-0.25, -0.2) is 4.98 Å². The number of aryl methyl sites for hydroxylation is 4. The molecule has 0 unspecified atom stereocenters. The molecule has 0 aliphatic heterocycles. The zero-order chi connectivity index (χ0) is 42.1. The van der Waals surface area contributed by atoms with Gasteiger partial charge in [0.25, 0.3) is 0 Å². The zero-order valence-corrected chi connectivity index (χ0v) is 35.9. The molecule has 5 nitrogen and oxygen atoms in total. The molecular formula is C56H44ClN3O2. The van der Waals surface area contributed by atoms with Crippen molar-refractivity contribution in [3.8, 4) is 28.3 Å². The molecule has 0 fully saturated rings. The van der Waals surface area contributed by atoms with Gasteiger partial charge in [-0.15, -0.1) is 0 Å². The van der Waals surface area contributed by atoms with Crippen LogP contribution in [0.3, 0.4) is 0 Å². The van der Waals surface area contributed by atoms with E-state index in [0.717, 1.165) is 97.1 Å². The number of hydrogen-bond donors (Lipinski definition) is 0. The Morgan fingerprint density at radius 3 is 1.65 bits per heavy atom. The Labute approximate surface area is 366 Å². The zero-order valence-electron chi connectivity index (χ0n) is 35.2. The first kappa shape index (κ1) is 37.9. The van der Waals surface area contributed by atoms with Gasteiger partial charge in [-0.2, -0.15) is 0 Å². The van der Waals surface area contributed by atoms with Gasteiger partial charge in [0.15, 0.2) is 0 Å². The molecule has 6 heteroatoms. The third kappa shape index (κ3) is 6.35. The smallest absolute Gasteiger partial charge is 0.119 e. The lowest BCUT2D eigenvalue weighted by molar-refractivity contribution is 0.415. The van der Waals surface area contributed by atoms with E-state index in [1.165, 1.54) is 44.5 Å². The predicted molar refractivity (Wildman–Crippen MR) is 258 cm³/mol. The highest BCUT2D eigenvalue weighted by atomic mass is 35.5. The van der Waals surface area contributed by atoms with Gasteiger partial charge in [-0.1, -0.05) is 60.1 Å². The average Bonchev–Trinajstić information content (AvgIpc) is 3.50. The summed E-state index contributed by atoms with van der Waals surface area (Å²) in [5, 5.41) is 5.29. The summed E-state index contributed by atoms with van der Waals surface area (Å²) in [7, 11) is 3.44. The van der Waals surface area contributed by atoms with Gasteiger partial charge in [-0.3, -0.25) is 0 Å². The predicted octanol–water partition coefficient (Wildman–Crippen LogP) is 14.6. The molecule has 0 radical (unpaired) electrons. The molecule has 0 bridgehead atoms. The van der Waals surface area contributed by atoms with E-state index < -0.39 is 0 Å². The number of fused-ring (bicyclic) bond motifs is 7. The number of pyridine rings is 1. The van der Waals surface area contributed by atoms with Crippen molar-refractivity contribution in [2.45, 2.75) is 33.1 Å². The van der Waals surface area contributed by atoms with E-state index in [4.69, 9.17) is 26.1 Å². The molecule has 1 aliphatic carbocycles. The fourth-order valence-corrected chi connectivity index (χ4v) is 10.0. The van der Waals surface area contributed by atoms with Gasteiger partial charge in [0, 0.05) is 54.9 Å². The summed E-state index contributed by atoms with van der Waals surface area (Å²) in [6, 6.07) is 56.6. The van der Waals surface area contributed by atoms with Crippen molar-refractivity contribution in [2.24, 2.45) is 0 Å². The van der Waals surface area contributed by atoms with Crippen LogP contribution in [0.4, 0.5) is 17.1 Å². The Hall–Kier alpha value is -7.08. The highest BCUT2D eigenvalue weighted by Crippen LogP contribution is 2.44. The number of rotatable bonds is 7. The monoisotopic (exact) mass is 825 g/mol. The number of halogens is 1. The molecule has 0 saturated carbocycles. The maximum atomic E-state index is 6.51. The van der Waals surface area contributed by atoms with E-state index in [1.54, 1.807) is 14.2 Å². The molecule has 1 aliphatic rings. The second kappa shape index (κ2) is 15.1. The van der Waals surface area contributed by atoms with Crippen LogP contribution in [-0.2, 0) is 19.3 Å². The van der Waals surface area contributed by atoms with Crippen LogP contribution in [-0.4, -0.2) is 23.8 Å². The van der Waals surface area contributed by atoms with Crippen molar-refractivity contribution in [2.75, 3.05) is 19.1 Å². The van der Waals surface area contributed by atoms with Crippen LogP contribution >= 0.6 is 11.6 Å². The quantitative estimate of drug-likeness (QED) is 0.150. The van der Waals surface area contributed by atoms with Crippen molar-refractivity contribution in [3.63, 3.8) is 0 Å². The largest absolute Gasteiger partial charge is 0.497 e. The highest BCUT2D eigenvalue weighted by Gasteiger charge is 2.23. The minimum absolute atomic E-state index is 0.712. The molecule has 0 saturated heterocycles. The molecule has 0 atom stereocenters. The summed E-state index contributed by atoms with van der Waals surface area (Å²) in [5.41, 5.74) is 19.0. The second-order valence-electron chi connectivity index (χ2n) is 16.5. The average molecular weight is 826 g/mol. The molecule has 0 N–H and O–H groups in total. The Kier molecular flexibility index (Phi) is 9.24. The molecule has 11 rings (SSSR count). The van der Waals surface area contributed by atoms with Crippen molar-refractivity contribution in [1.29, 1.82) is 0 Å². The molecular weight excluding hydrogens is 782 g/mol. The molecule has 302 valence electrons. The maximum absolute atomic E-state index is 6.51. The Morgan fingerprint density at radius 2 is 1.05 bits per heavy atom. The number of nitrogens with zero attached hydrogens (tertiary/aromatic N) is 3. The molecule has 2 aromatic heterocycles. The normalized spacial score (nSPS) is 12.4. The third-order valence-electron chi connectivity index (χ3n) is 12.8. The summed E-state index contributed by atoms with van der Waals surface area (Å²) < 4.78 is 13.7. The van der Waals surface area contributed by atoms with Crippen molar-refractivity contribution in [3.05, 3.63) is 196 Å². The number of ether oxygens (including phenoxy) is 2. The van der Waals surface area contributed by atoms with Crippen LogP contribution in [0.2, 0.25) is 5.02 Å². The first-order valence-corrected chi connectivity index (χ1v) is 21.6. The van der Waals surface area contributed by atoms with Crippen LogP contribution in [0, 0.1) is 13.8 Å². The number of hydrogen-bond acceptors (Lipinski definition) is 4. The van der Waals surface area contributed by atoms with Crippen LogP contribution < -0.4 is 14.4 Å². The molecule has 62 heavy (non-hydrogen) atoms. The van der Waals surface area contributed by atoms with Crippen LogP contribution in [0.25, 0.3) is 60.4 Å². The number of benzene rings is 8. The summed E-state index contributed by atoms with van der Waals surface area (Å²) in [4.78, 5) is 7.42. The van der Waals surface area contributed by atoms with Gasteiger partial charge >= 0.3 is 0 Å². The Morgan fingerprint density at radius 1 is 0.500 bits per heavy atom. The highest BCUT2D eigenvalue weighted by molar-refractivity contribution is 6.30. The standard InChI is InChI=1S/C56H44ClN3O2/c1-34-27-44(28-35(2)55(34)56-47-9-5-7-11-51(47)58-52-12-8-6-10-48(52)56)59(41-21-17-40(57)18-22-41)42-19-15-36-13-14-37-16-20-43(31-39(37)29-38(36)30-42)60-53-25-23-45(61-3)32-49(53)50-33-46(62-4)24-26-54(50)60/h5-12,15-28,30-33H,13-14,29H2,1-4H3. The second-order valence-corrected chi connectivity index (χ2v) is 16.9. The van der Waals surface area contributed by atoms with Crippen LogP contribution in [0.5, 0.6) is 11.5 Å². The summed E-state index contributed by atoms with van der Waals surface area (Å²) >= 11 is 6.51. The molecule has 0 amide bonds. The van der Waals surface area contributed by atoms with Crippen molar-refractivity contribution < 1.29 is 9.47 Å². The van der Waals surface area contributed by atoms with E-state index in [-0.39, 0.29) is 0 Å². The third-order valence-corrected chi connectivity index (χ3v) is 13.1. The molecule has 0 spiro atoms. The molecule has 10 aromatic rings. The molecule has 8 aromatic carbocycles. The minimum atomic E-state index is 0.712. The number of anilines is 3. The summed E-state index contributed by atoms with van der Waals surface area (Å²) in [6.07, 6.45) is 2.81. The lowest BCUT2D eigenvalue weighted by Gasteiger charge is -2.28. The van der Waals surface area contributed by atoms with E-state index in [1.807, 2.05) is 24.3 Å². The lowest BCUT2D eigenvalue weighted by Crippen LogP contribution is -2.12. The number of aromatic nitrogens is 2. The SMILES string of the molecule is COc1ccc2c(c1)c1cc(OC)ccc1n2-c1ccc2c(c1)Cc1cc(N(c3ccc(Cl)cc3)c3cc(C)c(-c4c5ccccc5nc5ccccc45)c(C)c3)ccc1CC2. The van der Waals surface area contributed by atoms with Gasteiger partial charge in [0.1, 0.15) is 11.5 Å². The van der Waals surface area contributed by atoms with E-state index in [0.29, 0.717) is 5.02 Å². The number of methoxy groups -OCH3 is 2. The van der Waals surface area contributed by atoms with Gasteiger partial charge in [-0.05, 0) is 181 Å². The molecule has 2 heterocycles. The Bertz CT molecular complexity index is 3270. The summed E-state index contributed by atoms with van der Waals surface area (Å²) in [6.45, 7) is 4.48. The first-order chi connectivity index (χ1) is 30.3. The fourth-order valence-electron chi connectivity index (χ4n) is 9.92. The summed E-state index contributed by atoms with van der Waals surface area (Å²) in [5.74, 6) is 1.66. The Balaban J connectivity index is 1.02. The van der Waals surface area contributed by atoms with Gasteiger partial charge in [0.2, 0.25) is 0 Å². The van der Waals surface area contributed by atoms with Crippen LogP contribution in [0.15, 0.2) is 158 Å². The van der Waals surface area contributed by atoms with E-state index >= 15 is 0 Å². The fraction of sp³-hybridized carbons (Fsp3) is 0.125. The topological polar surface area (TPSA) is 39.5 Å². The van der Waals surface area contributed by atoms with E-state index in [9.17, 15) is 0 Å². The van der Waals surface area contributed by atoms with Crippen LogP contribution in [0.1, 0.15) is 33.4 Å². The minimum Gasteiger partial charge on any atom is -0.497 e. The number of para-hydroxylation sites is 2.